The van der Waals surface area contributed by atoms with Crippen LogP contribution < -0.4 is 15.4 Å². The van der Waals surface area contributed by atoms with Crippen molar-refractivity contribution in [1.29, 1.82) is 0 Å². The Balaban J connectivity index is 1.56. The number of benzene rings is 2. The van der Waals surface area contributed by atoms with Gasteiger partial charge in [0.25, 0.3) is 5.91 Å². The van der Waals surface area contributed by atoms with Gasteiger partial charge in [-0.3, -0.25) is 9.59 Å². The van der Waals surface area contributed by atoms with Crippen molar-refractivity contribution in [3.63, 3.8) is 0 Å². The standard InChI is InChI=1S/C19H20BrClN2O3/c20-15-6-3-5-14(13-15)19(25)23-11-10-22-18(24)9-4-12-26-17-8-2-1-7-16(17)21/h1-3,5-8,13H,4,9-12H2,(H,22,24)(H,23,25). The second-order valence-corrected chi connectivity index (χ2v) is 6.82. The Morgan fingerprint density at radius 1 is 1.04 bits per heavy atom. The number of carbonyl (C=O) groups excluding carboxylic acids is 2. The van der Waals surface area contributed by atoms with Gasteiger partial charge in [0.1, 0.15) is 5.75 Å². The van der Waals surface area contributed by atoms with Crippen LogP contribution in [0.2, 0.25) is 5.02 Å². The smallest absolute Gasteiger partial charge is 0.251 e. The van der Waals surface area contributed by atoms with Crippen molar-refractivity contribution in [2.45, 2.75) is 12.8 Å². The number of ether oxygens (including phenoxy) is 1. The van der Waals surface area contributed by atoms with Gasteiger partial charge in [-0.25, -0.2) is 0 Å². The molecule has 0 atom stereocenters. The molecule has 5 nitrogen and oxygen atoms in total. The van der Waals surface area contributed by atoms with Crippen LogP contribution in [0.1, 0.15) is 23.2 Å². The Morgan fingerprint density at radius 2 is 1.81 bits per heavy atom. The third-order valence-corrected chi connectivity index (χ3v) is 4.27. The van der Waals surface area contributed by atoms with Gasteiger partial charge < -0.3 is 15.4 Å². The van der Waals surface area contributed by atoms with Crippen LogP contribution in [-0.4, -0.2) is 31.5 Å². The molecular weight excluding hydrogens is 420 g/mol. The number of amides is 2. The first-order valence-electron chi connectivity index (χ1n) is 8.24. The summed E-state index contributed by atoms with van der Waals surface area (Å²) in [6.45, 7) is 1.16. The van der Waals surface area contributed by atoms with Crippen molar-refractivity contribution in [3.8, 4) is 5.75 Å². The minimum absolute atomic E-state index is 0.0792. The van der Waals surface area contributed by atoms with Crippen molar-refractivity contribution >= 4 is 39.3 Å². The molecule has 0 spiro atoms. The molecule has 2 aromatic carbocycles. The molecule has 2 rings (SSSR count). The summed E-state index contributed by atoms with van der Waals surface area (Å²) in [4.78, 5) is 23.7. The summed E-state index contributed by atoms with van der Waals surface area (Å²) in [5, 5.41) is 6.08. The molecule has 2 amide bonds. The second-order valence-electron chi connectivity index (χ2n) is 5.50. The first-order chi connectivity index (χ1) is 12.6. The lowest BCUT2D eigenvalue weighted by atomic mass is 10.2. The van der Waals surface area contributed by atoms with Gasteiger partial charge in [-0.1, -0.05) is 45.7 Å². The molecule has 2 aromatic rings. The molecule has 0 saturated carbocycles. The Labute approximate surface area is 166 Å². The first kappa shape index (κ1) is 20.3. The minimum atomic E-state index is -0.173. The van der Waals surface area contributed by atoms with Gasteiger partial charge in [-0.05, 0) is 36.8 Å². The van der Waals surface area contributed by atoms with Crippen molar-refractivity contribution in [2.75, 3.05) is 19.7 Å². The van der Waals surface area contributed by atoms with Crippen LogP contribution in [0.15, 0.2) is 53.0 Å². The van der Waals surface area contributed by atoms with Crippen LogP contribution in [0.4, 0.5) is 0 Å². The third-order valence-electron chi connectivity index (χ3n) is 3.46. The number of halogens is 2. The van der Waals surface area contributed by atoms with E-state index in [-0.39, 0.29) is 11.8 Å². The summed E-state index contributed by atoms with van der Waals surface area (Å²) in [6, 6.07) is 14.3. The van der Waals surface area contributed by atoms with E-state index in [1.165, 1.54) is 0 Å². The molecule has 0 radical (unpaired) electrons. The quantitative estimate of drug-likeness (QED) is 0.584. The summed E-state index contributed by atoms with van der Waals surface area (Å²) in [7, 11) is 0. The number of hydrogen-bond donors (Lipinski definition) is 2. The fourth-order valence-electron chi connectivity index (χ4n) is 2.17. The van der Waals surface area contributed by atoms with Crippen LogP contribution >= 0.6 is 27.5 Å². The SMILES string of the molecule is O=C(CCCOc1ccccc1Cl)NCCNC(=O)c1cccc(Br)c1. The summed E-state index contributed by atoms with van der Waals surface area (Å²) < 4.78 is 6.38. The van der Waals surface area contributed by atoms with Crippen LogP contribution in [0.3, 0.4) is 0 Å². The molecule has 0 unspecified atom stereocenters. The molecule has 138 valence electrons. The summed E-state index contributed by atoms with van der Waals surface area (Å²) in [6.07, 6.45) is 0.936. The van der Waals surface area contributed by atoms with Gasteiger partial charge in [0.2, 0.25) is 5.91 Å². The number of hydrogen-bond acceptors (Lipinski definition) is 3. The van der Waals surface area contributed by atoms with Gasteiger partial charge in [0.05, 0.1) is 11.6 Å². The number of para-hydroxylation sites is 1. The molecule has 0 bridgehead atoms. The van der Waals surface area contributed by atoms with Gasteiger partial charge >= 0.3 is 0 Å². The van der Waals surface area contributed by atoms with Crippen molar-refractivity contribution < 1.29 is 14.3 Å². The predicted molar refractivity (Wildman–Crippen MR) is 106 cm³/mol. The molecule has 0 aliphatic heterocycles. The number of rotatable bonds is 9. The van der Waals surface area contributed by atoms with E-state index in [4.69, 9.17) is 16.3 Å². The second kappa shape index (κ2) is 10.8. The average Bonchev–Trinajstić information content (AvgIpc) is 2.63. The zero-order valence-electron chi connectivity index (χ0n) is 14.1. The van der Waals surface area contributed by atoms with E-state index < -0.39 is 0 Å². The molecule has 0 aromatic heterocycles. The number of nitrogens with one attached hydrogen (secondary N) is 2. The fraction of sp³-hybridized carbons (Fsp3) is 0.263. The van der Waals surface area contributed by atoms with E-state index in [1.807, 2.05) is 18.2 Å². The lowest BCUT2D eigenvalue weighted by Gasteiger charge is -2.09. The van der Waals surface area contributed by atoms with Crippen molar-refractivity contribution in [1.82, 2.24) is 10.6 Å². The monoisotopic (exact) mass is 438 g/mol. The van der Waals surface area contributed by atoms with Crippen molar-refractivity contribution in [3.05, 3.63) is 63.6 Å². The molecular formula is C19H20BrClN2O3. The lowest BCUT2D eigenvalue weighted by Crippen LogP contribution is -2.34. The Hall–Kier alpha value is -2.05. The highest BCUT2D eigenvalue weighted by atomic mass is 79.9. The molecule has 2 N–H and O–H groups in total. The van der Waals surface area contributed by atoms with E-state index in [9.17, 15) is 9.59 Å². The zero-order chi connectivity index (χ0) is 18.8. The summed E-state index contributed by atoms with van der Waals surface area (Å²) in [5.41, 5.74) is 0.572. The normalized spacial score (nSPS) is 10.2. The molecule has 0 heterocycles. The Kier molecular flexibility index (Phi) is 8.44. The predicted octanol–water partition coefficient (Wildman–Crippen LogP) is 3.81. The topological polar surface area (TPSA) is 67.4 Å². The van der Waals surface area contributed by atoms with E-state index in [0.29, 0.717) is 48.9 Å². The molecule has 0 aliphatic carbocycles. The first-order valence-corrected chi connectivity index (χ1v) is 9.41. The Morgan fingerprint density at radius 3 is 2.58 bits per heavy atom. The zero-order valence-corrected chi connectivity index (χ0v) is 16.5. The summed E-state index contributed by atoms with van der Waals surface area (Å²) in [5.74, 6) is 0.364. The maximum absolute atomic E-state index is 11.9. The lowest BCUT2D eigenvalue weighted by molar-refractivity contribution is -0.121. The molecule has 0 saturated heterocycles. The highest BCUT2D eigenvalue weighted by Crippen LogP contribution is 2.23. The van der Waals surface area contributed by atoms with E-state index >= 15 is 0 Å². The number of carbonyl (C=O) groups is 2. The van der Waals surface area contributed by atoms with Gasteiger partial charge in [0, 0.05) is 29.5 Å². The highest BCUT2D eigenvalue weighted by Gasteiger charge is 2.06. The highest BCUT2D eigenvalue weighted by molar-refractivity contribution is 9.10. The third kappa shape index (κ3) is 7.06. The minimum Gasteiger partial charge on any atom is -0.492 e. The van der Waals surface area contributed by atoms with E-state index in [1.54, 1.807) is 30.3 Å². The average molecular weight is 440 g/mol. The van der Waals surface area contributed by atoms with Gasteiger partial charge in [-0.2, -0.15) is 0 Å². The van der Waals surface area contributed by atoms with Gasteiger partial charge in [0.15, 0.2) is 0 Å². The maximum Gasteiger partial charge on any atom is 0.251 e. The van der Waals surface area contributed by atoms with Gasteiger partial charge in [-0.15, -0.1) is 0 Å². The molecule has 0 aliphatic rings. The van der Waals surface area contributed by atoms with Crippen LogP contribution in [-0.2, 0) is 4.79 Å². The van der Waals surface area contributed by atoms with Crippen LogP contribution in [0.5, 0.6) is 5.75 Å². The van der Waals surface area contributed by atoms with Crippen LogP contribution in [0, 0.1) is 0 Å². The molecule has 7 heteroatoms. The maximum atomic E-state index is 11.9. The Bertz CT molecular complexity index is 755. The molecule has 0 fully saturated rings. The molecule has 26 heavy (non-hydrogen) atoms. The van der Waals surface area contributed by atoms with Crippen molar-refractivity contribution in [2.24, 2.45) is 0 Å². The summed E-state index contributed by atoms with van der Waals surface area (Å²) >= 11 is 9.31. The van der Waals surface area contributed by atoms with E-state index in [0.717, 1.165) is 4.47 Å². The largest absolute Gasteiger partial charge is 0.492 e. The fourth-order valence-corrected chi connectivity index (χ4v) is 2.76. The van der Waals surface area contributed by atoms with Crippen LogP contribution in [0.25, 0.3) is 0 Å². The van der Waals surface area contributed by atoms with E-state index in [2.05, 4.69) is 26.6 Å².